The lowest BCUT2D eigenvalue weighted by molar-refractivity contribution is -0.143. The molecule has 1 N–H and O–H groups in total. The van der Waals surface area contributed by atoms with Crippen LogP contribution in [0.3, 0.4) is 0 Å². The van der Waals surface area contributed by atoms with E-state index in [4.69, 9.17) is 21.1 Å². The van der Waals surface area contributed by atoms with Crippen molar-refractivity contribution in [3.63, 3.8) is 0 Å². The van der Waals surface area contributed by atoms with E-state index < -0.39 is 23.8 Å². The summed E-state index contributed by atoms with van der Waals surface area (Å²) in [6, 6.07) is 7.37. The Bertz CT molecular complexity index is 1190. The number of nitrogens with one attached hydrogen (secondary N) is 1. The second kappa shape index (κ2) is 10.4. The summed E-state index contributed by atoms with van der Waals surface area (Å²) >= 11 is 6.33. The Balaban J connectivity index is 2.01. The van der Waals surface area contributed by atoms with Gasteiger partial charge in [-0.15, -0.1) is 0 Å². The number of hydrogen-bond donors (Lipinski definition) is 1. The standard InChI is InChI=1S/C24H23ClN2O7/c1-5-33-19-11-15(10-18(25)21(19)34-12-20(28)32-4)9-17-22(29)26-24(31)27(23(17)30)16-7-13(2)6-14(3)8-16/h6-11H,5,12H2,1-4H3,(H,26,29,31). The largest absolute Gasteiger partial charge is 0.490 e. The van der Waals surface area contributed by atoms with Crippen LogP contribution in [0.2, 0.25) is 5.02 Å². The Labute approximate surface area is 201 Å². The molecule has 1 saturated heterocycles. The van der Waals surface area contributed by atoms with Crippen LogP contribution >= 0.6 is 11.6 Å². The van der Waals surface area contributed by atoms with E-state index in [9.17, 15) is 19.2 Å². The van der Waals surface area contributed by atoms with E-state index in [0.29, 0.717) is 11.3 Å². The molecule has 10 heteroatoms. The highest BCUT2D eigenvalue weighted by Crippen LogP contribution is 2.37. The van der Waals surface area contributed by atoms with Gasteiger partial charge in [0.1, 0.15) is 5.57 Å². The maximum absolute atomic E-state index is 13.2. The first-order valence-electron chi connectivity index (χ1n) is 10.3. The molecule has 0 saturated carbocycles. The Kier molecular flexibility index (Phi) is 7.57. The van der Waals surface area contributed by atoms with Gasteiger partial charge in [0.2, 0.25) is 0 Å². The second-order valence-electron chi connectivity index (χ2n) is 7.43. The van der Waals surface area contributed by atoms with Crippen LogP contribution in [0.1, 0.15) is 23.6 Å². The molecular formula is C24H23ClN2O7. The number of carbonyl (C=O) groups is 4. The molecule has 4 amide bonds. The van der Waals surface area contributed by atoms with E-state index in [2.05, 4.69) is 10.1 Å². The summed E-state index contributed by atoms with van der Waals surface area (Å²) in [5.41, 5.74) is 2.15. The lowest BCUT2D eigenvalue weighted by atomic mass is 10.0. The highest BCUT2D eigenvalue weighted by Gasteiger charge is 2.37. The lowest BCUT2D eigenvalue weighted by Gasteiger charge is -2.27. The first kappa shape index (κ1) is 24.8. The molecule has 1 heterocycles. The fourth-order valence-corrected chi connectivity index (χ4v) is 3.68. The van der Waals surface area contributed by atoms with Crippen LogP contribution in [0.25, 0.3) is 6.08 Å². The zero-order valence-corrected chi connectivity index (χ0v) is 19.8. The van der Waals surface area contributed by atoms with E-state index in [1.54, 1.807) is 19.1 Å². The molecule has 1 fully saturated rings. The topological polar surface area (TPSA) is 111 Å². The predicted molar refractivity (Wildman–Crippen MR) is 125 cm³/mol. The second-order valence-corrected chi connectivity index (χ2v) is 7.84. The minimum absolute atomic E-state index is 0.0904. The monoisotopic (exact) mass is 486 g/mol. The number of urea groups is 1. The molecule has 0 bridgehead atoms. The summed E-state index contributed by atoms with van der Waals surface area (Å²) in [6.45, 7) is 5.30. The molecule has 34 heavy (non-hydrogen) atoms. The third kappa shape index (κ3) is 5.37. The van der Waals surface area contributed by atoms with Gasteiger partial charge in [-0.05, 0) is 67.8 Å². The van der Waals surface area contributed by atoms with Crippen molar-refractivity contribution in [3.8, 4) is 11.5 Å². The van der Waals surface area contributed by atoms with Gasteiger partial charge in [-0.3, -0.25) is 14.9 Å². The van der Waals surface area contributed by atoms with Gasteiger partial charge < -0.3 is 14.2 Å². The van der Waals surface area contributed by atoms with E-state index in [1.165, 1.54) is 25.3 Å². The van der Waals surface area contributed by atoms with E-state index in [1.807, 2.05) is 19.9 Å². The molecule has 2 aromatic carbocycles. The maximum Gasteiger partial charge on any atom is 0.343 e. The zero-order valence-electron chi connectivity index (χ0n) is 19.1. The first-order chi connectivity index (χ1) is 16.1. The molecule has 1 aliphatic rings. The minimum Gasteiger partial charge on any atom is -0.490 e. The number of benzene rings is 2. The summed E-state index contributed by atoms with van der Waals surface area (Å²) in [7, 11) is 1.23. The van der Waals surface area contributed by atoms with Gasteiger partial charge in [-0.1, -0.05) is 17.7 Å². The maximum atomic E-state index is 13.2. The number of ether oxygens (including phenoxy) is 3. The van der Waals surface area contributed by atoms with Crippen molar-refractivity contribution in [1.29, 1.82) is 0 Å². The van der Waals surface area contributed by atoms with Gasteiger partial charge in [0.25, 0.3) is 11.8 Å². The number of barbiturate groups is 1. The van der Waals surface area contributed by atoms with E-state index in [0.717, 1.165) is 16.0 Å². The van der Waals surface area contributed by atoms with Crippen molar-refractivity contribution in [2.75, 3.05) is 25.2 Å². The summed E-state index contributed by atoms with van der Waals surface area (Å²) < 4.78 is 15.5. The number of halogens is 1. The molecule has 0 atom stereocenters. The predicted octanol–water partition coefficient (Wildman–Crippen LogP) is 3.57. The number of hydrogen-bond acceptors (Lipinski definition) is 7. The number of amides is 4. The smallest absolute Gasteiger partial charge is 0.343 e. The van der Waals surface area contributed by atoms with Crippen LogP contribution in [0.15, 0.2) is 35.9 Å². The van der Waals surface area contributed by atoms with Crippen LogP contribution in [-0.4, -0.2) is 44.1 Å². The van der Waals surface area contributed by atoms with Crippen molar-refractivity contribution in [1.82, 2.24) is 5.32 Å². The number of aryl methyl sites for hydroxylation is 2. The third-order valence-electron chi connectivity index (χ3n) is 4.77. The van der Waals surface area contributed by atoms with Crippen molar-refractivity contribution in [2.45, 2.75) is 20.8 Å². The summed E-state index contributed by atoms with van der Waals surface area (Å²) in [5.74, 6) is -1.90. The van der Waals surface area contributed by atoms with Crippen molar-refractivity contribution in [2.24, 2.45) is 0 Å². The molecule has 1 aliphatic heterocycles. The third-order valence-corrected chi connectivity index (χ3v) is 5.05. The van der Waals surface area contributed by atoms with E-state index >= 15 is 0 Å². The Hall–Kier alpha value is -3.85. The average Bonchev–Trinajstić information content (AvgIpc) is 2.75. The SMILES string of the molecule is CCOc1cc(C=C2C(=O)NC(=O)N(c3cc(C)cc(C)c3)C2=O)cc(Cl)c1OCC(=O)OC. The molecule has 2 aromatic rings. The molecule has 0 aliphatic carbocycles. The number of anilines is 1. The quantitative estimate of drug-likeness (QED) is 0.361. The average molecular weight is 487 g/mol. The Morgan fingerprint density at radius 3 is 2.35 bits per heavy atom. The number of carbonyl (C=O) groups excluding carboxylic acids is 4. The van der Waals surface area contributed by atoms with Gasteiger partial charge >= 0.3 is 12.0 Å². The fourth-order valence-electron chi connectivity index (χ4n) is 3.40. The van der Waals surface area contributed by atoms with Crippen molar-refractivity contribution >= 4 is 47.2 Å². The van der Waals surface area contributed by atoms with Crippen LogP contribution in [-0.2, 0) is 19.1 Å². The highest BCUT2D eigenvalue weighted by atomic mass is 35.5. The Morgan fingerprint density at radius 1 is 1.06 bits per heavy atom. The van der Waals surface area contributed by atoms with E-state index in [-0.39, 0.29) is 35.3 Å². The summed E-state index contributed by atoms with van der Waals surface area (Å²) in [5, 5.41) is 2.28. The molecule has 178 valence electrons. The molecule has 0 radical (unpaired) electrons. The molecule has 9 nitrogen and oxygen atoms in total. The van der Waals surface area contributed by atoms with Crippen LogP contribution in [0.5, 0.6) is 11.5 Å². The van der Waals surface area contributed by atoms with Gasteiger partial charge in [0.05, 0.1) is 24.4 Å². The summed E-state index contributed by atoms with van der Waals surface area (Å²) in [6.07, 6.45) is 1.30. The zero-order chi connectivity index (χ0) is 25.0. The van der Waals surface area contributed by atoms with Crippen molar-refractivity contribution in [3.05, 3.63) is 57.6 Å². The molecule has 0 aromatic heterocycles. The molecule has 0 unspecified atom stereocenters. The van der Waals surface area contributed by atoms with Crippen LogP contribution in [0.4, 0.5) is 10.5 Å². The minimum atomic E-state index is -0.837. The van der Waals surface area contributed by atoms with Crippen molar-refractivity contribution < 1.29 is 33.4 Å². The number of esters is 1. The van der Waals surface area contributed by atoms with Gasteiger partial charge in [-0.2, -0.15) is 0 Å². The fraction of sp³-hybridized carbons (Fsp3) is 0.250. The van der Waals surface area contributed by atoms with Crippen LogP contribution < -0.4 is 19.7 Å². The first-order valence-corrected chi connectivity index (χ1v) is 10.7. The summed E-state index contributed by atoms with van der Waals surface area (Å²) in [4.78, 5) is 50.5. The number of imide groups is 2. The molecule has 0 spiro atoms. The number of nitrogens with zero attached hydrogens (tertiary/aromatic N) is 1. The molecular weight excluding hydrogens is 464 g/mol. The van der Waals surface area contributed by atoms with Gasteiger partial charge in [0.15, 0.2) is 18.1 Å². The van der Waals surface area contributed by atoms with Crippen LogP contribution in [0, 0.1) is 13.8 Å². The number of rotatable bonds is 7. The normalized spacial score (nSPS) is 14.8. The number of methoxy groups -OCH3 is 1. The molecule has 3 rings (SSSR count). The highest BCUT2D eigenvalue weighted by molar-refractivity contribution is 6.39. The lowest BCUT2D eigenvalue weighted by Crippen LogP contribution is -2.54. The Morgan fingerprint density at radius 2 is 1.74 bits per heavy atom. The van der Waals surface area contributed by atoms with Gasteiger partial charge in [-0.25, -0.2) is 14.5 Å². The van der Waals surface area contributed by atoms with Gasteiger partial charge in [0, 0.05) is 0 Å².